The maximum absolute atomic E-state index is 12.3. The van der Waals surface area contributed by atoms with Crippen LogP contribution >= 0.6 is 11.3 Å². The first-order valence-corrected chi connectivity index (χ1v) is 11.3. The third-order valence-electron chi connectivity index (χ3n) is 5.38. The molecule has 1 aliphatic carbocycles. The lowest BCUT2D eigenvalue weighted by atomic mass is 9.88. The van der Waals surface area contributed by atoms with Crippen molar-refractivity contribution >= 4 is 22.2 Å². The van der Waals surface area contributed by atoms with Crippen LogP contribution in [0.5, 0.6) is 0 Å². The van der Waals surface area contributed by atoms with Gasteiger partial charge in [0.15, 0.2) is 0 Å². The summed E-state index contributed by atoms with van der Waals surface area (Å²) in [5, 5.41) is 13.3. The predicted molar refractivity (Wildman–Crippen MR) is 111 cm³/mol. The van der Waals surface area contributed by atoms with Crippen molar-refractivity contribution in [2.24, 2.45) is 5.92 Å². The number of nitrogens with zero attached hydrogens (tertiary/aromatic N) is 1. The number of rotatable bonds is 11. The SMILES string of the molecule is CCCCCCCCCCCC(=O)Nc1sc2c(c1C#N)CCC(C)C2. The van der Waals surface area contributed by atoms with E-state index in [1.165, 1.54) is 55.4 Å². The zero-order valence-corrected chi connectivity index (χ0v) is 17.3. The number of nitrogens with one attached hydrogen (secondary N) is 1. The van der Waals surface area contributed by atoms with Gasteiger partial charge in [0, 0.05) is 11.3 Å². The van der Waals surface area contributed by atoms with E-state index in [1.807, 2.05) is 0 Å². The van der Waals surface area contributed by atoms with Crippen molar-refractivity contribution in [3.8, 4) is 6.07 Å². The highest BCUT2D eigenvalue weighted by Crippen LogP contribution is 2.39. The Bertz CT molecular complexity index is 614. The summed E-state index contributed by atoms with van der Waals surface area (Å²) in [5.74, 6) is 0.745. The van der Waals surface area contributed by atoms with Gasteiger partial charge in [0.1, 0.15) is 11.1 Å². The molecule has 0 radical (unpaired) electrons. The maximum Gasteiger partial charge on any atom is 0.225 e. The van der Waals surface area contributed by atoms with Crippen molar-refractivity contribution in [3.63, 3.8) is 0 Å². The number of carbonyl (C=O) groups is 1. The van der Waals surface area contributed by atoms with E-state index in [9.17, 15) is 10.1 Å². The van der Waals surface area contributed by atoms with Crippen molar-refractivity contribution in [1.82, 2.24) is 0 Å². The van der Waals surface area contributed by atoms with Gasteiger partial charge >= 0.3 is 0 Å². The molecule has 0 fully saturated rings. The molecule has 1 aliphatic rings. The van der Waals surface area contributed by atoms with Gasteiger partial charge in [-0.3, -0.25) is 4.79 Å². The fourth-order valence-corrected chi connectivity index (χ4v) is 5.12. The van der Waals surface area contributed by atoms with Crippen molar-refractivity contribution in [3.05, 3.63) is 16.0 Å². The van der Waals surface area contributed by atoms with E-state index in [0.717, 1.165) is 42.7 Å². The fourth-order valence-electron chi connectivity index (χ4n) is 3.74. The first-order valence-electron chi connectivity index (χ1n) is 10.5. The van der Waals surface area contributed by atoms with Gasteiger partial charge in [-0.05, 0) is 37.2 Å². The normalized spacial score (nSPS) is 16.1. The average molecular weight is 375 g/mol. The van der Waals surface area contributed by atoms with E-state index in [0.29, 0.717) is 12.3 Å². The standard InChI is InChI=1S/C22H34N2OS/c1-3-4-5-6-7-8-9-10-11-12-21(25)24-22-19(16-23)18-14-13-17(2)15-20(18)26-22/h17H,3-15H2,1-2H3,(H,24,25). The predicted octanol–water partition coefficient (Wildman–Crippen LogP) is 6.60. The molecule has 0 aliphatic heterocycles. The minimum Gasteiger partial charge on any atom is -0.317 e. The summed E-state index contributed by atoms with van der Waals surface area (Å²) >= 11 is 1.62. The highest BCUT2D eigenvalue weighted by molar-refractivity contribution is 7.16. The summed E-state index contributed by atoms with van der Waals surface area (Å²) < 4.78 is 0. The molecule has 0 aromatic carbocycles. The van der Waals surface area contributed by atoms with Gasteiger partial charge in [-0.1, -0.05) is 65.2 Å². The Morgan fingerprint density at radius 3 is 2.46 bits per heavy atom. The summed E-state index contributed by atoms with van der Waals surface area (Å²) in [5.41, 5.74) is 1.91. The smallest absolute Gasteiger partial charge is 0.225 e. The molecule has 26 heavy (non-hydrogen) atoms. The second kappa shape index (κ2) is 11.4. The molecule has 144 valence electrons. The Hall–Kier alpha value is -1.34. The summed E-state index contributed by atoms with van der Waals surface area (Å²) in [7, 11) is 0. The topological polar surface area (TPSA) is 52.9 Å². The maximum atomic E-state index is 12.3. The molecule has 0 saturated heterocycles. The van der Waals surface area contributed by atoms with E-state index >= 15 is 0 Å². The Kier molecular flexibility index (Phi) is 9.18. The fraction of sp³-hybridized carbons (Fsp3) is 0.727. The molecule has 3 nitrogen and oxygen atoms in total. The molecule has 0 spiro atoms. The zero-order valence-electron chi connectivity index (χ0n) is 16.5. The number of hydrogen-bond donors (Lipinski definition) is 1. The summed E-state index contributed by atoms with van der Waals surface area (Å²) in [4.78, 5) is 13.6. The Morgan fingerprint density at radius 2 is 1.81 bits per heavy atom. The Morgan fingerprint density at radius 1 is 1.15 bits per heavy atom. The monoisotopic (exact) mass is 374 g/mol. The molecular formula is C22H34N2OS. The molecule has 0 bridgehead atoms. The highest BCUT2D eigenvalue weighted by Gasteiger charge is 2.24. The average Bonchev–Trinajstić information content (AvgIpc) is 2.96. The number of unbranched alkanes of at least 4 members (excludes halogenated alkanes) is 8. The summed E-state index contributed by atoms with van der Waals surface area (Å²) in [6.07, 6.45) is 15.0. The number of nitriles is 1. The summed E-state index contributed by atoms with van der Waals surface area (Å²) in [6.45, 7) is 4.51. The molecule has 1 N–H and O–H groups in total. The lowest BCUT2D eigenvalue weighted by Gasteiger charge is -2.17. The van der Waals surface area contributed by atoms with Crippen molar-refractivity contribution < 1.29 is 4.79 Å². The van der Waals surface area contributed by atoms with Gasteiger partial charge in [0.2, 0.25) is 5.91 Å². The molecule has 1 amide bonds. The Balaban J connectivity index is 1.68. The summed E-state index contributed by atoms with van der Waals surface area (Å²) in [6, 6.07) is 2.32. The van der Waals surface area contributed by atoms with E-state index in [-0.39, 0.29) is 5.91 Å². The second-order valence-electron chi connectivity index (χ2n) is 7.79. The molecule has 1 unspecified atom stereocenters. The van der Waals surface area contributed by atoms with Crippen LogP contribution in [-0.4, -0.2) is 5.91 Å². The van der Waals surface area contributed by atoms with Gasteiger partial charge in [-0.25, -0.2) is 0 Å². The number of fused-ring (bicyclic) bond motifs is 1. The van der Waals surface area contributed by atoms with Crippen molar-refractivity contribution in [2.75, 3.05) is 5.32 Å². The van der Waals surface area contributed by atoms with E-state index in [2.05, 4.69) is 25.2 Å². The first kappa shape index (κ1) is 21.0. The van der Waals surface area contributed by atoms with Crippen LogP contribution in [0.2, 0.25) is 0 Å². The zero-order chi connectivity index (χ0) is 18.8. The molecule has 1 aromatic heterocycles. The van der Waals surface area contributed by atoms with Crippen molar-refractivity contribution in [2.45, 2.75) is 97.3 Å². The van der Waals surface area contributed by atoms with Gasteiger partial charge < -0.3 is 5.32 Å². The molecule has 1 heterocycles. The van der Waals surface area contributed by atoms with Crippen LogP contribution < -0.4 is 5.32 Å². The van der Waals surface area contributed by atoms with Gasteiger partial charge in [-0.15, -0.1) is 11.3 Å². The third-order valence-corrected chi connectivity index (χ3v) is 6.55. The van der Waals surface area contributed by atoms with Gasteiger partial charge in [0.25, 0.3) is 0 Å². The van der Waals surface area contributed by atoms with Crippen LogP contribution in [0.3, 0.4) is 0 Å². The first-order chi connectivity index (χ1) is 12.7. The highest BCUT2D eigenvalue weighted by atomic mass is 32.1. The van der Waals surface area contributed by atoms with E-state index in [1.54, 1.807) is 11.3 Å². The molecule has 0 saturated carbocycles. The largest absolute Gasteiger partial charge is 0.317 e. The Labute approximate surface area is 163 Å². The second-order valence-corrected chi connectivity index (χ2v) is 8.90. The van der Waals surface area contributed by atoms with Crippen molar-refractivity contribution in [1.29, 1.82) is 5.26 Å². The van der Waals surface area contributed by atoms with Crippen LogP contribution in [0, 0.1) is 17.2 Å². The van der Waals surface area contributed by atoms with Crippen LogP contribution in [-0.2, 0) is 17.6 Å². The molecule has 4 heteroatoms. The number of hydrogen-bond acceptors (Lipinski definition) is 3. The van der Waals surface area contributed by atoms with E-state index in [4.69, 9.17) is 0 Å². The number of carbonyl (C=O) groups excluding carboxylic acids is 1. The third kappa shape index (κ3) is 6.43. The number of thiophene rings is 1. The molecule has 1 atom stereocenters. The molecule has 1 aromatic rings. The van der Waals surface area contributed by atoms with Crippen LogP contribution in [0.15, 0.2) is 0 Å². The number of amides is 1. The minimum absolute atomic E-state index is 0.0658. The number of anilines is 1. The minimum atomic E-state index is 0.0658. The lowest BCUT2D eigenvalue weighted by Crippen LogP contribution is -2.11. The lowest BCUT2D eigenvalue weighted by molar-refractivity contribution is -0.116. The van der Waals surface area contributed by atoms with E-state index < -0.39 is 0 Å². The van der Waals surface area contributed by atoms with Gasteiger partial charge in [0.05, 0.1) is 5.56 Å². The van der Waals surface area contributed by atoms with Crippen LogP contribution in [0.25, 0.3) is 0 Å². The van der Waals surface area contributed by atoms with Crippen LogP contribution in [0.4, 0.5) is 5.00 Å². The molecule has 2 rings (SSSR count). The van der Waals surface area contributed by atoms with Crippen LogP contribution in [0.1, 0.15) is 100 Å². The van der Waals surface area contributed by atoms with Gasteiger partial charge in [-0.2, -0.15) is 5.26 Å². The quantitative estimate of drug-likeness (QED) is 0.443. The molecular weight excluding hydrogens is 340 g/mol.